The van der Waals surface area contributed by atoms with Crippen molar-refractivity contribution in [2.75, 3.05) is 19.5 Å². The fourth-order valence-electron chi connectivity index (χ4n) is 2.62. The molecule has 0 aliphatic carbocycles. The van der Waals surface area contributed by atoms with Gasteiger partial charge >= 0.3 is 0 Å². The number of hydrogen-bond acceptors (Lipinski definition) is 3. The average Bonchev–Trinajstić information content (AvgIpc) is 2.57. The van der Waals surface area contributed by atoms with Crippen LogP contribution in [0.25, 0.3) is 0 Å². The molecule has 0 aliphatic rings. The number of carbonyl (C=O) groups is 1. The Morgan fingerprint density at radius 1 is 1.04 bits per heavy atom. The third-order valence-electron chi connectivity index (χ3n) is 3.84. The number of benzene rings is 2. The number of halogens is 1. The number of hydrogen-bond donors (Lipinski definition) is 1. The van der Waals surface area contributed by atoms with E-state index in [1.54, 1.807) is 44.6 Å². The number of nitrogens with one attached hydrogen (secondary N) is 1. The molecule has 0 unspecified atom stereocenters. The molecule has 0 saturated carbocycles. The molecule has 0 heterocycles. The second-order valence-electron chi connectivity index (χ2n) is 5.83. The predicted octanol–water partition coefficient (Wildman–Crippen LogP) is 4.74. The molecular formula is C19H22ClNO3. The van der Waals surface area contributed by atoms with Crippen molar-refractivity contribution in [3.05, 3.63) is 53.1 Å². The zero-order chi connectivity index (χ0) is 17.7. The van der Waals surface area contributed by atoms with E-state index >= 15 is 0 Å². The monoisotopic (exact) mass is 347 g/mol. The highest BCUT2D eigenvalue weighted by Gasteiger charge is 2.25. The first-order valence-corrected chi connectivity index (χ1v) is 8.12. The van der Waals surface area contributed by atoms with Crippen molar-refractivity contribution >= 4 is 23.2 Å². The summed E-state index contributed by atoms with van der Waals surface area (Å²) in [4.78, 5) is 12.8. The second kappa shape index (κ2) is 8.06. The summed E-state index contributed by atoms with van der Waals surface area (Å²) in [6.07, 6.45) is 0. The standard InChI is InChI=1S/C19H22ClNO3/c1-12(2)18(13-5-7-14(20)8-6-13)19(22)21-16-10-9-15(23-3)11-17(16)24-4/h5-12,18H,1-4H3,(H,21,22)/t18-/m1/s1. The summed E-state index contributed by atoms with van der Waals surface area (Å²) in [6, 6.07) is 12.7. The number of rotatable bonds is 6. The van der Waals surface area contributed by atoms with Crippen LogP contribution in [0.1, 0.15) is 25.3 Å². The minimum absolute atomic E-state index is 0.0872. The van der Waals surface area contributed by atoms with Crippen molar-refractivity contribution in [1.29, 1.82) is 0 Å². The van der Waals surface area contributed by atoms with E-state index in [9.17, 15) is 4.79 Å². The molecular weight excluding hydrogens is 326 g/mol. The topological polar surface area (TPSA) is 47.6 Å². The minimum atomic E-state index is -0.283. The molecule has 2 aromatic rings. The second-order valence-corrected chi connectivity index (χ2v) is 6.27. The molecule has 1 amide bonds. The van der Waals surface area contributed by atoms with Crippen LogP contribution in [0.2, 0.25) is 5.02 Å². The van der Waals surface area contributed by atoms with Gasteiger partial charge in [0.2, 0.25) is 5.91 Å². The van der Waals surface area contributed by atoms with Crippen LogP contribution in [0.4, 0.5) is 5.69 Å². The summed E-state index contributed by atoms with van der Waals surface area (Å²) in [7, 11) is 3.14. The number of methoxy groups -OCH3 is 2. The van der Waals surface area contributed by atoms with Gasteiger partial charge in [0.1, 0.15) is 11.5 Å². The van der Waals surface area contributed by atoms with Crippen molar-refractivity contribution in [3.63, 3.8) is 0 Å². The molecule has 128 valence electrons. The first-order valence-electron chi connectivity index (χ1n) is 7.74. The van der Waals surface area contributed by atoms with Crippen molar-refractivity contribution < 1.29 is 14.3 Å². The first kappa shape index (κ1) is 18.1. The lowest BCUT2D eigenvalue weighted by Gasteiger charge is -2.21. The molecule has 0 aromatic heterocycles. The molecule has 2 rings (SSSR count). The molecule has 2 aromatic carbocycles. The quantitative estimate of drug-likeness (QED) is 0.821. The Labute approximate surface area is 147 Å². The van der Waals surface area contributed by atoms with Crippen LogP contribution in [0, 0.1) is 5.92 Å². The summed E-state index contributed by atoms with van der Waals surface area (Å²) >= 11 is 5.94. The normalized spacial score (nSPS) is 11.9. The lowest BCUT2D eigenvalue weighted by molar-refractivity contribution is -0.118. The summed E-state index contributed by atoms with van der Waals surface area (Å²) in [5.74, 6) is 0.990. The zero-order valence-electron chi connectivity index (χ0n) is 14.3. The van der Waals surface area contributed by atoms with Gasteiger partial charge in [-0.05, 0) is 35.7 Å². The molecule has 0 bridgehead atoms. The van der Waals surface area contributed by atoms with Gasteiger partial charge in [-0.15, -0.1) is 0 Å². The van der Waals surface area contributed by atoms with Gasteiger partial charge in [-0.3, -0.25) is 4.79 Å². The van der Waals surface area contributed by atoms with Gasteiger partial charge in [-0.25, -0.2) is 0 Å². The Bertz CT molecular complexity index is 698. The van der Waals surface area contributed by atoms with Gasteiger partial charge in [0.25, 0.3) is 0 Å². The average molecular weight is 348 g/mol. The van der Waals surface area contributed by atoms with Crippen LogP contribution in [0.15, 0.2) is 42.5 Å². The number of carbonyl (C=O) groups excluding carboxylic acids is 1. The number of anilines is 1. The molecule has 0 aliphatic heterocycles. The summed E-state index contributed by atoms with van der Waals surface area (Å²) in [6.45, 7) is 4.04. The minimum Gasteiger partial charge on any atom is -0.497 e. The smallest absolute Gasteiger partial charge is 0.232 e. The number of amides is 1. The van der Waals surface area contributed by atoms with E-state index in [-0.39, 0.29) is 17.7 Å². The lowest BCUT2D eigenvalue weighted by Crippen LogP contribution is -2.25. The fraction of sp³-hybridized carbons (Fsp3) is 0.316. The maximum Gasteiger partial charge on any atom is 0.232 e. The summed E-state index contributed by atoms with van der Waals surface area (Å²) in [5.41, 5.74) is 1.54. The van der Waals surface area contributed by atoms with E-state index in [1.807, 2.05) is 26.0 Å². The Morgan fingerprint density at radius 2 is 1.71 bits per heavy atom. The Hall–Kier alpha value is -2.20. The van der Waals surface area contributed by atoms with Crippen LogP contribution >= 0.6 is 11.6 Å². The molecule has 0 spiro atoms. The van der Waals surface area contributed by atoms with Crippen LogP contribution in [-0.4, -0.2) is 20.1 Å². The van der Waals surface area contributed by atoms with E-state index in [0.29, 0.717) is 22.2 Å². The molecule has 4 nitrogen and oxygen atoms in total. The van der Waals surface area contributed by atoms with Crippen LogP contribution in [0.5, 0.6) is 11.5 Å². The van der Waals surface area contributed by atoms with Crippen molar-refractivity contribution in [1.82, 2.24) is 0 Å². The molecule has 0 radical (unpaired) electrons. The molecule has 0 fully saturated rings. The molecule has 0 saturated heterocycles. The molecule has 1 N–H and O–H groups in total. The van der Waals surface area contributed by atoms with Gasteiger partial charge in [-0.1, -0.05) is 37.6 Å². The highest BCUT2D eigenvalue weighted by atomic mass is 35.5. The Kier molecular flexibility index (Phi) is 6.10. The van der Waals surface area contributed by atoms with E-state index < -0.39 is 0 Å². The molecule has 24 heavy (non-hydrogen) atoms. The van der Waals surface area contributed by atoms with E-state index in [2.05, 4.69) is 5.32 Å². The first-order chi connectivity index (χ1) is 11.5. The zero-order valence-corrected chi connectivity index (χ0v) is 15.1. The van der Waals surface area contributed by atoms with Crippen molar-refractivity contribution in [2.24, 2.45) is 5.92 Å². The maximum absolute atomic E-state index is 12.8. The van der Waals surface area contributed by atoms with Crippen molar-refractivity contribution in [2.45, 2.75) is 19.8 Å². The van der Waals surface area contributed by atoms with Gasteiger partial charge in [-0.2, -0.15) is 0 Å². The number of ether oxygens (including phenoxy) is 2. The summed E-state index contributed by atoms with van der Waals surface area (Å²) < 4.78 is 10.5. The largest absolute Gasteiger partial charge is 0.497 e. The summed E-state index contributed by atoms with van der Waals surface area (Å²) in [5, 5.41) is 3.61. The maximum atomic E-state index is 12.8. The van der Waals surface area contributed by atoms with E-state index in [0.717, 1.165) is 5.56 Å². The van der Waals surface area contributed by atoms with Gasteiger partial charge in [0, 0.05) is 11.1 Å². The Morgan fingerprint density at radius 3 is 2.25 bits per heavy atom. The van der Waals surface area contributed by atoms with Crippen LogP contribution < -0.4 is 14.8 Å². The fourth-order valence-corrected chi connectivity index (χ4v) is 2.75. The molecule has 5 heteroatoms. The highest BCUT2D eigenvalue weighted by Crippen LogP contribution is 2.32. The van der Waals surface area contributed by atoms with Gasteiger partial charge < -0.3 is 14.8 Å². The van der Waals surface area contributed by atoms with E-state index in [1.165, 1.54) is 0 Å². The van der Waals surface area contributed by atoms with Crippen molar-refractivity contribution in [3.8, 4) is 11.5 Å². The lowest BCUT2D eigenvalue weighted by atomic mass is 9.87. The predicted molar refractivity (Wildman–Crippen MR) is 97.2 cm³/mol. The molecule has 1 atom stereocenters. The third kappa shape index (κ3) is 4.20. The van der Waals surface area contributed by atoms with Gasteiger partial charge in [0.15, 0.2) is 0 Å². The highest BCUT2D eigenvalue weighted by molar-refractivity contribution is 6.30. The van der Waals surface area contributed by atoms with Crippen LogP contribution in [0.3, 0.4) is 0 Å². The van der Waals surface area contributed by atoms with Crippen LogP contribution in [-0.2, 0) is 4.79 Å². The SMILES string of the molecule is COc1ccc(NC(=O)[C@@H](c2ccc(Cl)cc2)C(C)C)c(OC)c1. The van der Waals surface area contributed by atoms with E-state index in [4.69, 9.17) is 21.1 Å². The Balaban J connectivity index is 2.27. The third-order valence-corrected chi connectivity index (χ3v) is 4.10. The van der Waals surface area contributed by atoms with Gasteiger partial charge in [0.05, 0.1) is 25.8 Å².